The molecule has 6 rings (SSSR count). The normalized spacial score (nSPS) is 33.5. The number of fused-ring (bicyclic) bond motifs is 5. The van der Waals surface area contributed by atoms with Gasteiger partial charge in [0.15, 0.2) is 13.1 Å². The second-order valence-corrected chi connectivity index (χ2v) is 13.8. The van der Waals surface area contributed by atoms with Gasteiger partial charge in [-0.05, 0) is 56.1 Å². The average molecular weight is 554 g/mol. The van der Waals surface area contributed by atoms with Gasteiger partial charge in [-0.3, -0.25) is 9.59 Å². The Kier molecular flexibility index (Phi) is 8.71. The van der Waals surface area contributed by atoms with Crippen LogP contribution in [-0.2, 0) is 9.59 Å². The first kappa shape index (κ1) is 30.2. The van der Waals surface area contributed by atoms with Gasteiger partial charge in [0, 0.05) is 24.3 Å². The van der Waals surface area contributed by atoms with Crippen LogP contribution in [0.1, 0.15) is 53.9 Å². The van der Waals surface area contributed by atoms with Crippen molar-refractivity contribution in [2.75, 3.05) is 63.8 Å². The number of benzene rings is 1. The van der Waals surface area contributed by atoms with Crippen LogP contribution in [0, 0.1) is 10.8 Å². The Morgan fingerprint density at radius 2 is 1.46 bits per heavy atom. The van der Waals surface area contributed by atoms with Gasteiger partial charge in [-0.2, -0.15) is 0 Å². The van der Waals surface area contributed by atoms with Crippen molar-refractivity contribution in [1.82, 2.24) is 4.90 Å². The van der Waals surface area contributed by atoms with Gasteiger partial charge in [0.1, 0.15) is 39.3 Å². The summed E-state index contributed by atoms with van der Waals surface area (Å²) < 4.78 is 1.82. The minimum atomic E-state index is 0. The number of nitrogens with zero attached hydrogens (tertiary/aromatic N) is 4. The van der Waals surface area contributed by atoms with E-state index in [-0.39, 0.29) is 36.8 Å². The lowest BCUT2D eigenvalue weighted by Gasteiger charge is -2.55. The fourth-order valence-corrected chi connectivity index (χ4v) is 8.23. The molecule has 0 spiro atoms. The van der Waals surface area contributed by atoms with Crippen molar-refractivity contribution in [3.63, 3.8) is 0 Å². The molecule has 4 bridgehead atoms. The van der Waals surface area contributed by atoms with Crippen LogP contribution < -0.4 is 29.7 Å². The first-order valence-corrected chi connectivity index (χ1v) is 13.8. The maximum atomic E-state index is 13.6. The summed E-state index contributed by atoms with van der Waals surface area (Å²) in [5.74, 6) is 0.605. The fraction of sp³-hybridized carbons (Fsp3) is 0.724. The Morgan fingerprint density at radius 3 is 2.00 bits per heavy atom. The largest absolute Gasteiger partial charge is 1.00 e. The molecular formula is C29H46Cl2N4O2. The van der Waals surface area contributed by atoms with Gasteiger partial charge in [-0.1, -0.05) is 39.0 Å². The lowest BCUT2D eigenvalue weighted by Crippen LogP contribution is -3.00. The van der Waals surface area contributed by atoms with Crippen LogP contribution in [0.3, 0.4) is 0 Å². The maximum absolute atomic E-state index is 13.6. The number of piperazine rings is 3. The summed E-state index contributed by atoms with van der Waals surface area (Å²) in [6.07, 6.45) is 3.55. The standard InChI is InChI=1S/C29H46N4O2.2ClH/c1-23(2)31(24-9-7-6-8-10-24)27(35)20-33-14-11-32(12-15-33,13-16-33)19-26(34)30-22-29(5)18-25(30)17-28(3,4)21-29;;/h6-10,23,25H,11-22H2,1-5H3;2*1H/q+2;;/p-2. The summed E-state index contributed by atoms with van der Waals surface area (Å²) in [4.78, 5) is 31.3. The molecule has 1 saturated carbocycles. The summed E-state index contributed by atoms with van der Waals surface area (Å²) in [5, 5.41) is 0. The number of amides is 2. The number of likely N-dealkylation sites (tertiary alicyclic amines) is 1. The summed E-state index contributed by atoms with van der Waals surface area (Å²) in [7, 11) is 0. The smallest absolute Gasteiger partial charge is 0.282 e. The molecule has 208 valence electrons. The minimum Gasteiger partial charge on any atom is -1.00 e. The summed E-state index contributed by atoms with van der Waals surface area (Å²) >= 11 is 0. The summed E-state index contributed by atoms with van der Waals surface area (Å²) in [6, 6.07) is 10.6. The zero-order chi connectivity index (χ0) is 25.1. The van der Waals surface area contributed by atoms with Crippen LogP contribution in [0.2, 0.25) is 0 Å². The second-order valence-electron chi connectivity index (χ2n) is 13.8. The van der Waals surface area contributed by atoms with E-state index in [1.165, 1.54) is 12.8 Å². The van der Waals surface area contributed by atoms with Crippen LogP contribution in [-0.4, -0.2) is 96.7 Å². The van der Waals surface area contributed by atoms with E-state index in [1.54, 1.807) is 0 Å². The molecule has 5 fully saturated rings. The van der Waals surface area contributed by atoms with Crippen LogP contribution >= 0.6 is 0 Å². The van der Waals surface area contributed by atoms with Gasteiger partial charge in [-0.25, -0.2) is 0 Å². The Labute approximate surface area is 236 Å². The molecule has 37 heavy (non-hydrogen) atoms. The Bertz CT molecular complexity index is 961. The van der Waals surface area contributed by atoms with Crippen LogP contribution in [0.5, 0.6) is 0 Å². The number of carbonyl (C=O) groups is 2. The molecule has 0 N–H and O–H groups in total. The van der Waals surface area contributed by atoms with Crippen molar-refractivity contribution < 1.29 is 43.4 Å². The molecule has 2 unspecified atom stereocenters. The third kappa shape index (κ3) is 5.98. The molecule has 4 aliphatic heterocycles. The molecule has 8 heteroatoms. The Balaban J connectivity index is 0.00000190. The van der Waals surface area contributed by atoms with Crippen molar-refractivity contribution >= 4 is 17.5 Å². The van der Waals surface area contributed by atoms with E-state index in [4.69, 9.17) is 0 Å². The average Bonchev–Trinajstić information content (AvgIpc) is 3.04. The van der Waals surface area contributed by atoms with Crippen molar-refractivity contribution in [2.45, 2.75) is 66.0 Å². The monoisotopic (exact) mass is 552 g/mol. The molecule has 0 radical (unpaired) electrons. The molecule has 2 atom stereocenters. The molecule has 4 heterocycles. The number of hydrogen-bond acceptors (Lipinski definition) is 2. The van der Waals surface area contributed by atoms with Gasteiger partial charge >= 0.3 is 0 Å². The molecule has 6 nitrogen and oxygen atoms in total. The van der Waals surface area contributed by atoms with Crippen molar-refractivity contribution in [1.29, 1.82) is 0 Å². The first-order chi connectivity index (χ1) is 16.4. The van der Waals surface area contributed by atoms with Crippen molar-refractivity contribution in [3.8, 4) is 0 Å². The van der Waals surface area contributed by atoms with E-state index in [1.807, 2.05) is 35.2 Å². The van der Waals surface area contributed by atoms with E-state index in [0.717, 1.165) is 66.9 Å². The highest BCUT2D eigenvalue weighted by atomic mass is 35.5. The quantitative estimate of drug-likeness (QED) is 0.367. The lowest BCUT2D eigenvalue weighted by atomic mass is 9.65. The Morgan fingerprint density at radius 1 is 0.919 bits per heavy atom. The zero-order valence-electron chi connectivity index (χ0n) is 23.4. The number of halogens is 2. The maximum Gasteiger partial charge on any atom is 0.282 e. The number of anilines is 1. The molecule has 0 aromatic heterocycles. The van der Waals surface area contributed by atoms with Crippen molar-refractivity contribution in [3.05, 3.63) is 30.3 Å². The van der Waals surface area contributed by atoms with Crippen LogP contribution in [0.25, 0.3) is 0 Å². The van der Waals surface area contributed by atoms with Crippen molar-refractivity contribution in [2.24, 2.45) is 10.8 Å². The molecule has 5 aliphatic rings. The third-order valence-corrected chi connectivity index (χ3v) is 9.64. The number of quaternary nitrogens is 2. The van der Waals surface area contributed by atoms with E-state index in [0.29, 0.717) is 35.9 Å². The number of carbonyl (C=O) groups excluding carboxylic acids is 2. The molecule has 1 aliphatic carbocycles. The summed E-state index contributed by atoms with van der Waals surface area (Å²) in [5.41, 5.74) is 1.62. The van der Waals surface area contributed by atoms with Crippen LogP contribution in [0.15, 0.2) is 30.3 Å². The van der Waals surface area contributed by atoms with E-state index >= 15 is 0 Å². The SMILES string of the molecule is CC(C)N(C(=O)C[N+]12CC[N+](CC(=O)N3CC4(C)CC3CC(C)(C)C4)(CC1)CC2)c1ccccc1.[Cl-].[Cl-]. The molecular weight excluding hydrogens is 507 g/mol. The van der Waals surface area contributed by atoms with Gasteiger partial charge in [0.25, 0.3) is 11.8 Å². The fourth-order valence-electron chi connectivity index (χ4n) is 8.23. The second kappa shape index (κ2) is 10.7. The molecule has 1 aromatic rings. The van der Waals surface area contributed by atoms with Crippen LogP contribution in [0.4, 0.5) is 5.69 Å². The van der Waals surface area contributed by atoms with E-state index in [2.05, 4.69) is 39.5 Å². The van der Waals surface area contributed by atoms with E-state index in [9.17, 15) is 9.59 Å². The highest BCUT2D eigenvalue weighted by molar-refractivity contribution is 5.94. The van der Waals surface area contributed by atoms with E-state index < -0.39 is 0 Å². The van der Waals surface area contributed by atoms with Gasteiger partial charge in [-0.15, -0.1) is 0 Å². The van der Waals surface area contributed by atoms with Gasteiger partial charge in [0.05, 0.1) is 0 Å². The number of hydrogen-bond donors (Lipinski definition) is 0. The first-order valence-electron chi connectivity index (χ1n) is 13.8. The number of rotatable bonds is 6. The minimum absolute atomic E-state index is 0. The molecule has 4 saturated heterocycles. The lowest BCUT2D eigenvalue weighted by molar-refractivity contribution is -1.07. The third-order valence-electron chi connectivity index (χ3n) is 9.64. The molecule has 1 aromatic carbocycles. The molecule has 2 amide bonds. The zero-order valence-corrected chi connectivity index (χ0v) is 24.9. The predicted molar refractivity (Wildman–Crippen MR) is 140 cm³/mol. The Hall–Kier alpha value is -1.34. The number of para-hydroxylation sites is 1. The topological polar surface area (TPSA) is 40.6 Å². The van der Waals surface area contributed by atoms with Gasteiger partial charge in [0.2, 0.25) is 0 Å². The highest BCUT2D eigenvalue weighted by Crippen LogP contribution is 2.52. The predicted octanol–water partition coefficient (Wildman–Crippen LogP) is -2.48. The highest BCUT2D eigenvalue weighted by Gasteiger charge is 2.54. The summed E-state index contributed by atoms with van der Waals surface area (Å²) in [6.45, 7) is 19.6. The van der Waals surface area contributed by atoms with Gasteiger partial charge < -0.3 is 43.6 Å².